The van der Waals surface area contributed by atoms with Crippen molar-refractivity contribution >= 4 is 21.7 Å². The fourth-order valence-electron chi connectivity index (χ4n) is 2.90. The maximum atomic E-state index is 5.51. The van der Waals surface area contributed by atoms with Gasteiger partial charge in [0.15, 0.2) is 0 Å². The van der Waals surface area contributed by atoms with Gasteiger partial charge in [0.05, 0.1) is 11.8 Å². The Labute approximate surface area is 140 Å². The highest BCUT2D eigenvalue weighted by molar-refractivity contribution is 9.10. The van der Waals surface area contributed by atoms with E-state index in [-0.39, 0.29) is 0 Å². The summed E-state index contributed by atoms with van der Waals surface area (Å²) >= 11 is 3.63. The van der Waals surface area contributed by atoms with Crippen molar-refractivity contribution in [3.63, 3.8) is 0 Å². The van der Waals surface area contributed by atoms with E-state index in [9.17, 15) is 0 Å². The molecule has 1 aromatic heterocycles. The molecule has 0 aliphatic carbocycles. The van der Waals surface area contributed by atoms with Gasteiger partial charge in [-0.15, -0.1) is 0 Å². The molecule has 2 heterocycles. The van der Waals surface area contributed by atoms with Gasteiger partial charge in [-0.25, -0.2) is 4.98 Å². The Morgan fingerprint density at radius 2 is 2.05 bits per heavy atom. The van der Waals surface area contributed by atoms with Gasteiger partial charge in [0.2, 0.25) is 0 Å². The SMILES string of the molecule is CO[C@H]1CCCN(c2ccc(Br)c(Cc3ccccc3)n2)C1. The summed E-state index contributed by atoms with van der Waals surface area (Å²) in [6.45, 7) is 1.98. The van der Waals surface area contributed by atoms with E-state index in [1.165, 1.54) is 5.56 Å². The zero-order valence-electron chi connectivity index (χ0n) is 12.8. The van der Waals surface area contributed by atoms with Crippen molar-refractivity contribution in [3.05, 3.63) is 58.2 Å². The van der Waals surface area contributed by atoms with E-state index in [2.05, 4.69) is 57.2 Å². The van der Waals surface area contributed by atoms with E-state index in [1.54, 1.807) is 7.11 Å². The van der Waals surface area contributed by atoms with Crippen LogP contribution in [0.15, 0.2) is 46.9 Å². The summed E-state index contributed by atoms with van der Waals surface area (Å²) in [6, 6.07) is 14.7. The summed E-state index contributed by atoms with van der Waals surface area (Å²) in [7, 11) is 1.80. The second kappa shape index (κ2) is 7.25. The summed E-state index contributed by atoms with van der Waals surface area (Å²) < 4.78 is 6.58. The Hall–Kier alpha value is -1.39. The monoisotopic (exact) mass is 360 g/mol. The lowest BCUT2D eigenvalue weighted by atomic mass is 10.1. The molecule has 2 aromatic rings. The van der Waals surface area contributed by atoms with Crippen LogP contribution in [-0.4, -0.2) is 31.3 Å². The molecule has 0 unspecified atom stereocenters. The fraction of sp³-hybridized carbons (Fsp3) is 0.389. The number of halogens is 1. The molecule has 1 aromatic carbocycles. The fourth-order valence-corrected chi connectivity index (χ4v) is 3.26. The van der Waals surface area contributed by atoms with Gasteiger partial charge >= 0.3 is 0 Å². The van der Waals surface area contributed by atoms with Crippen LogP contribution in [-0.2, 0) is 11.2 Å². The number of piperidine rings is 1. The highest BCUT2D eigenvalue weighted by atomic mass is 79.9. The smallest absolute Gasteiger partial charge is 0.128 e. The van der Waals surface area contributed by atoms with E-state index in [0.29, 0.717) is 6.10 Å². The third-order valence-electron chi connectivity index (χ3n) is 4.15. The minimum absolute atomic E-state index is 0.316. The van der Waals surface area contributed by atoms with E-state index in [4.69, 9.17) is 9.72 Å². The average molecular weight is 361 g/mol. The van der Waals surface area contributed by atoms with Crippen LogP contribution in [0.4, 0.5) is 5.82 Å². The first-order valence-corrected chi connectivity index (χ1v) is 8.52. The number of hydrogen-bond acceptors (Lipinski definition) is 3. The number of hydrogen-bond donors (Lipinski definition) is 0. The van der Waals surface area contributed by atoms with Crippen LogP contribution in [0.2, 0.25) is 0 Å². The highest BCUT2D eigenvalue weighted by Crippen LogP contribution is 2.25. The van der Waals surface area contributed by atoms with Gasteiger partial charge in [-0.2, -0.15) is 0 Å². The molecule has 0 amide bonds. The van der Waals surface area contributed by atoms with E-state index < -0.39 is 0 Å². The van der Waals surface area contributed by atoms with Crippen LogP contribution in [0.25, 0.3) is 0 Å². The number of nitrogens with zero attached hydrogens (tertiary/aromatic N) is 2. The third kappa shape index (κ3) is 3.68. The zero-order chi connectivity index (χ0) is 15.4. The quantitative estimate of drug-likeness (QED) is 0.822. The number of ether oxygens (including phenoxy) is 1. The molecule has 0 N–H and O–H groups in total. The van der Waals surface area contributed by atoms with Crippen molar-refractivity contribution in [1.29, 1.82) is 0 Å². The number of anilines is 1. The normalized spacial score (nSPS) is 18.5. The predicted molar refractivity (Wildman–Crippen MR) is 93.4 cm³/mol. The summed E-state index contributed by atoms with van der Waals surface area (Å²) in [6.07, 6.45) is 3.46. The second-order valence-electron chi connectivity index (χ2n) is 5.71. The topological polar surface area (TPSA) is 25.4 Å². The van der Waals surface area contributed by atoms with Gasteiger partial charge in [0.25, 0.3) is 0 Å². The Kier molecular flexibility index (Phi) is 5.11. The molecule has 1 aliphatic rings. The molecular weight excluding hydrogens is 340 g/mol. The molecule has 116 valence electrons. The van der Waals surface area contributed by atoms with Gasteiger partial charge in [0.1, 0.15) is 5.82 Å². The number of aromatic nitrogens is 1. The minimum atomic E-state index is 0.316. The molecule has 1 aliphatic heterocycles. The molecule has 4 heteroatoms. The van der Waals surface area contributed by atoms with E-state index >= 15 is 0 Å². The third-order valence-corrected chi connectivity index (χ3v) is 4.88. The Morgan fingerprint density at radius 1 is 1.23 bits per heavy atom. The molecule has 1 fully saturated rings. The predicted octanol–water partition coefficient (Wildman–Crippen LogP) is 4.05. The van der Waals surface area contributed by atoms with Gasteiger partial charge in [-0.05, 0) is 46.5 Å². The summed E-state index contributed by atoms with van der Waals surface area (Å²) in [4.78, 5) is 7.22. The van der Waals surface area contributed by atoms with Crippen LogP contribution in [0.3, 0.4) is 0 Å². The van der Waals surface area contributed by atoms with Crippen molar-refractivity contribution in [2.45, 2.75) is 25.4 Å². The van der Waals surface area contributed by atoms with E-state index in [0.717, 1.165) is 48.3 Å². The van der Waals surface area contributed by atoms with Crippen LogP contribution >= 0.6 is 15.9 Å². The zero-order valence-corrected chi connectivity index (χ0v) is 14.4. The van der Waals surface area contributed by atoms with Gasteiger partial charge < -0.3 is 9.64 Å². The summed E-state index contributed by atoms with van der Waals surface area (Å²) in [5, 5.41) is 0. The lowest BCUT2D eigenvalue weighted by Gasteiger charge is -2.33. The summed E-state index contributed by atoms with van der Waals surface area (Å²) in [5.41, 5.74) is 2.37. The molecule has 3 rings (SSSR count). The molecule has 0 saturated carbocycles. The minimum Gasteiger partial charge on any atom is -0.380 e. The van der Waals surface area contributed by atoms with Crippen molar-refractivity contribution in [2.24, 2.45) is 0 Å². The van der Waals surface area contributed by atoms with Crippen LogP contribution in [0, 0.1) is 0 Å². The molecule has 1 atom stereocenters. The first-order valence-electron chi connectivity index (χ1n) is 7.73. The van der Waals surface area contributed by atoms with Crippen LogP contribution in [0.1, 0.15) is 24.1 Å². The maximum Gasteiger partial charge on any atom is 0.128 e. The number of methoxy groups -OCH3 is 1. The maximum absolute atomic E-state index is 5.51. The lowest BCUT2D eigenvalue weighted by molar-refractivity contribution is 0.0891. The molecule has 0 bridgehead atoms. The van der Waals surface area contributed by atoms with Crippen molar-refractivity contribution < 1.29 is 4.74 Å². The van der Waals surface area contributed by atoms with Crippen molar-refractivity contribution in [1.82, 2.24) is 4.98 Å². The van der Waals surface area contributed by atoms with Gasteiger partial charge in [-0.3, -0.25) is 0 Å². The molecule has 3 nitrogen and oxygen atoms in total. The second-order valence-corrected chi connectivity index (χ2v) is 6.56. The Morgan fingerprint density at radius 3 is 2.82 bits per heavy atom. The van der Waals surface area contributed by atoms with Gasteiger partial charge in [-0.1, -0.05) is 30.3 Å². The molecule has 0 radical (unpaired) electrons. The Bertz CT molecular complexity index is 618. The largest absolute Gasteiger partial charge is 0.380 e. The molecule has 0 spiro atoms. The average Bonchev–Trinajstić information content (AvgIpc) is 2.58. The lowest BCUT2D eigenvalue weighted by Crippen LogP contribution is -2.39. The number of rotatable bonds is 4. The van der Waals surface area contributed by atoms with Crippen LogP contribution in [0.5, 0.6) is 0 Å². The van der Waals surface area contributed by atoms with Crippen molar-refractivity contribution in [2.75, 3.05) is 25.1 Å². The number of benzene rings is 1. The Balaban J connectivity index is 1.80. The highest BCUT2D eigenvalue weighted by Gasteiger charge is 2.21. The first kappa shape index (κ1) is 15.5. The van der Waals surface area contributed by atoms with E-state index in [1.807, 2.05) is 6.07 Å². The molecule has 1 saturated heterocycles. The van der Waals surface area contributed by atoms with Gasteiger partial charge in [0, 0.05) is 31.1 Å². The first-order chi connectivity index (χ1) is 10.8. The molecule has 22 heavy (non-hydrogen) atoms. The van der Waals surface area contributed by atoms with Crippen molar-refractivity contribution in [3.8, 4) is 0 Å². The number of pyridine rings is 1. The van der Waals surface area contributed by atoms with Crippen LogP contribution < -0.4 is 4.90 Å². The molecular formula is C18H21BrN2O. The standard InChI is InChI=1S/C18H21BrN2O/c1-22-15-8-5-11-21(13-15)18-10-9-16(19)17(20-18)12-14-6-3-2-4-7-14/h2-4,6-7,9-10,15H,5,8,11-13H2,1H3/t15-/m0/s1. The summed E-state index contributed by atoms with van der Waals surface area (Å²) in [5.74, 6) is 1.05.